The summed E-state index contributed by atoms with van der Waals surface area (Å²) in [4.78, 5) is 27.2. The van der Waals surface area contributed by atoms with Crippen molar-refractivity contribution in [3.8, 4) is 11.5 Å². The van der Waals surface area contributed by atoms with E-state index in [0.717, 1.165) is 19.4 Å². The maximum Gasteiger partial charge on any atom is 0.255 e. The number of benzene rings is 1. The first-order valence-electron chi connectivity index (χ1n) is 8.83. The van der Waals surface area contributed by atoms with Crippen molar-refractivity contribution in [3.63, 3.8) is 0 Å². The van der Waals surface area contributed by atoms with Crippen LogP contribution in [0.3, 0.4) is 0 Å². The Hall–Kier alpha value is -2.80. The number of hydrogen-bond acceptors (Lipinski definition) is 6. The van der Waals surface area contributed by atoms with Gasteiger partial charge in [-0.05, 0) is 30.9 Å². The molecule has 1 fully saturated rings. The van der Waals surface area contributed by atoms with Crippen LogP contribution in [0.5, 0.6) is 0 Å². The van der Waals surface area contributed by atoms with E-state index in [-0.39, 0.29) is 11.8 Å². The monoisotopic (exact) mass is 383 g/mol. The number of rotatable bonds is 4. The molecule has 0 radical (unpaired) electrons. The molecular weight excluding hydrogens is 366 g/mol. The molecule has 8 heteroatoms. The highest BCUT2D eigenvalue weighted by molar-refractivity contribution is 6.33. The van der Waals surface area contributed by atoms with Gasteiger partial charge in [-0.1, -0.05) is 28.9 Å². The zero-order valence-corrected chi connectivity index (χ0v) is 15.3. The van der Waals surface area contributed by atoms with Crippen molar-refractivity contribution < 1.29 is 9.32 Å². The number of hydrogen-bond donors (Lipinski definition) is 0. The van der Waals surface area contributed by atoms with Crippen LogP contribution in [-0.4, -0.2) is 44.0 Å². The predicted molar refractivity (Wildman–Crippen MR) is 99.1 cm³/mol. The Morgan fingerprint density at radius 2 is 2.19 bits per heavy atom. The first-order valence-corrected chi connectivity index (χ1v) is 9.21. The molecule has 27 heavy (non-hydrogen) atoms. The van der Waals surface area contributed by atoms with Crippen molar-refractivity contribution in [3.05, 3.63) is 59.3 Å². The summed E-state index contributed by atoms with van der Waals surface area (Å²) in [6, 6.07) is 7.15. The number of likely N-dealkylation sites (tertiary alicyclic amines) is 1. The molecule has 1 aromatic carbocycles. The fourth-order valence-electron chi connectivity index (χ4n) is 3.32. The molecule has 3 heterocycles. The van der Waals surface area contributed by atoms with Crippen LogP contribution in [-0.2, 0) is 6.42 Å². The smallest absolute Gasteiger partial charge is 0.255 e. The van der Waals surface area contributed by atoms with Gasteiger partial charge in [0.25, 0.3) is 5.91 Å². The van der Waals surface area contributed by atoms with Gasteiger partial charge in [0, 0.05) is 31.9 Å². The molecule has 1 amide bonds. The Bertz CT molecular complexity index is 931. The first-order chi connectivity index (χ1) is 13.2. The van der Waals surface area contributed by atoms with Crippen LogP contribution in [0.25, 0.3) is 11.5 Å². The number of piperidine rings is 1. The molecule has 1 atom stereocenters. The van der Waals surface area contributed by atoms with E-state index in [9.17, 15) is 4.79 Å². The minimum atomic E-state index is -0.0314. The van der Waals surface area contributed by atoms with Gasteiger partial charge in [0.2, 0.25) is 11.7 Å². The van der Waals surface area contributed by atoms with Gasteiger partial charge < -0.3 is 9.42 Å². The molecule has 1 saturated heterocycles. The van der Waals surface area contributed by atoms with Gasteiger partial charge in [0.15, 0.2) is 0 Å². The predicted octanol–water partition coefficient (Wildman–Crippen LogP) is 3.27. The van der Waals surface area contributed by atoms with Gasteiger partial charge >= 0.3 is 0 Å². The summed E-state index contributed by atoms with van der Waals surface area (Å²) in [5.41, 5.74) is 1.12. The number of amides is 1. The molecule has 1 unspecified atom stereocenters. The maximum absolute atomic E-state index is 12.8. The van der Waals surface area contributed by atoms with Crippen molar-refractivity contribution in [2.24, 2.45) is 5.92 Å². The summed E-state index contributed by atoms with van der Waals surface area (Å²) < 4.78 is 5.37. The summed E-state index contributed by atoms with van der Waals surface area (Å²) in [5.74, 6) is 1.21. The fourth-order valence-corrected chi connectivity index (χ4v) is 3.54. The van der Waals surface area contributed by atoms with Crippen LogP contribution in [0.2, 0.25) is 5.02 Å². The highest BCUT2D eigenvalue weighted by Gasteiger charge is 2.27. The molecule has 4 rings (SSSR count). The average molecular weight is 384 g/mol. The van der Waals surface area contributed by atoms with Gasteiger partial charge in [0.1, 0.15) is 5.69 Å². The zero-order chi connectivity index (χ0) is 18.6. The molecule has 1 aliphatic rings. The lowest BCUT2D eigenvalue weighted by Crippen LogP contribution is -2.40. The molecule has 0 saturated carbocycles. The number of nitrogens with zero attached hydrogens (tertiary/aromatic N) is 5. The standard InChI is InChI=1S/C19H18ClN5O2/c20-15-6-2-1-5-14(15)19(26)25-9-3-4-13(12-25)10-17-23-18(24-27-17)16-11-21-7-8-22-16/h1-2,5-8,11,13H,3-4,9-10,12H2. The Labute approximate surface area is 161 Å². The van der Waals surface area contributed by atoms with E-state index in [2.05, 4.69) is 20.1 Å². The molecule has 0 N–H and O–H groups in total. The third kappa shape index (κ3) is 3.98. The molecule has 7 nitrogen and oxygen atoms in total. The van der Waals surface area contributed by atoms with E-state index in [0.29, 0.717) is 41.0 Å². The lowest BCUT2D eigenvalue weighted by Gasteiger charge is -2.32. The van der Waals surface area contributed by atoms with Crippen molar-refractivity contribution >= 4 is 17.5 Å². The third-order valence-electron chi connectivity index (χ3n) is 4.63. The Kier molecular flexibility index (Phi) is 5.11. The summed E-state index contributed by atoms with van der Waals surface area (Å²) in [7, 11) is 0. The quantitative estimate of drug-likeness (QED) is 0.687. The zero-order valence-electron chi connectivity index (χ0n) is 14.6. The minimum Gasteiger partial charge on any atom is -0.339 e. The summed E-state index contributed by atoms with van der Waals surface area (Å²) in [6.45, 7) is 1.38. The number of aromatic nitrogens is 4. The number of carbonyl (C=O) groups excluding carboxylic acids is 1. The van der Waals surface area contributed by atoms with Gasteiger partial charge in [-0.2, -0.15) is 4.98 Å². The van der Waals surface area contributed by atoms with E-state index in [1.54, 1.807) is 30.7 Å². The molecule has 0 bridgehead atoms. The van der Waals surface area contributed by atoms with Crippen LogP contribution in [0.4, 0.5) is 0 Å². The molecule has 1 aliphatic heterocycles. The molecule has 0 aliphatic carbocycles. The van der Waals surface area contributed by atoms with Gasteiger partial charge in [0.05, 0.1) is 16.8 Å². The summed E-state index contributed by atoms with van der Waals surface area (Å²) >= 11 is 6.17. The second-order valence-corrected chi connectivity index (χ2v) is 6.95. The van der Waals surface area contributed by atoms with Crippen LogP contribution < -0.4 is 0 Å². The second-order valence-electron chi connectivity index (χ2n) is 6.55. The average Bonchev–Trinajstić information content (AvgIpc) is 3.17. The molecule has 0 spiro atoms. The number of carbonyl (C=O) groups is 1. The normalized spacial score (nSPS) is 17.1. The van der Waals surface area contributed by atoms with Crippen LogP contribution >= 0.6 is 11.6 Å². The molecule has 138 valence electrons. The molecule has 2 aromatic heterocycles. The lowest BCUT2D eigenvalue weighted by atomic mass is 9.94. The summed E-state index contributed by atoms with van der Waals surface area (Å²) in [6.07, 6.45) is 7.35. The number of halogens is 1. The first kappa shape index (κ1) is 17.6. The largest absolute Gasteiger partial charge is 0.339 e. The van der Waals surface area contributed by atoms with E-state index in [4.69, 9.17) is 16.1 Å². The molecule has 3 aromatic rings. The van der Waals surface area contributed by atoms with Gasteiger partial charge in [-0.25, -0.2) is 4.98 Å². The van der Waals surface area contributed by atoms with Gasteiger partial charge in [-0.3, -0.25) is 9.78 Å². The maximum atomic E-state index is 12.8. The van der Waals surface area contributed by atoms with Crippen LogP contribution in [0, 0.1) is 5.92 Å². The topological polar surface area (TPSA) is 85.0 Å². The van der Waals surface area contributed by atoms with Crippen molar-refractivity contribution in [1.29, 1.82) is 0 Å². The Balaban J connectivity index is 1.43. The highest BCUT2D eigenvalue weighted by atomic mass is 35.5. The van der Waals surface area contributed by atoms with Crippen LogP contribution in [0.15, 0.2) is 47.4 Å². The Morgan fingerprint density at radius 3 is 3.00 bits per heavy atom. The van der Waals surface area contributed by atoms with E-state index >= 15 is 0 Å². The van der Waals surface area contributed by atoms with E-state index < -0.39 is 0 Å². The van der Waals surface area contributed by atoms with E-state index in [1.807, 2.05) is 17.0 Å². The SMILES string of the molecule is O=C(c1ccccc1Cl)N1CCCC(Cc2nc(-c3cnccn3)no2)C1. The van der Waals surface area contributed by atoms with Crippen molar-refractivity contribution in [2.75, 3.05) is 13.1 Å². The highest BCUT2D eigenvalue weighted by Crippen LogP contribution is 2.24. The fraction of sp³-hybridized carbons (Fsp3) is 0.316. The van der Waals surface area contributed by atoms with E-state index in [1.165, 1.54) is 0 Å². The minimum absolute atomic E-state index is 0.0314. The Morgan fingerprint density at radius 1 is 1.30 bits per heavy atom. The summed E-state index contributed by atoms with van der Waals surface area (Å²) in [5, 5.41) is 4.46. The second kappa shape index (κ2) is 7.84. The van der Waals surface area contributed by atoms with Crippen molar-refractivity contribution in [2.45, 2.75) is 19.3 Å². The third-order valence-corrected chi connectivity index (χ3v) is 4.96. The molecular formula is C19H18ClN5O2. The van der Waals surface area contributed by atoms with Crippen LogP contribution in [0.1, 0.15) is 29.1 Å². The lowest BCUT2D eigenvalue weighted by molar-refractivity contribution is 0.0668. The van der Waals surface area contributed by atoms with Gasteiger partial charge in [-0.15, -0.1) is 0 Å². The van der Waals surface area contributed by atoms with Crippen molar-refractivity contribution in [1.82, 2.24) is 25.0 Å².